The molecular weight excluding hydrogens is 512 g/mol. The Bertz CT molecular complexity index is 2430. The van der Waals surface area contributed by atoms with E-state index in [0.717, 1.165) is 66.1 Å². The number of nitrogens with zero attached hydrogens (tertiary/aromatic N) is 4. The van der Waals surface area contributed by atoms with Gasteiger partial charge in [-0.15, -0.1) is 0 Å². The predicted octanol–water partition coefficient (Wildman–Crippen LogP) is 9.29. The zero-order chi connectivity index (χ0) is 28.2. The lowest BCUT2D eigenvalue weighted by atomic mass is 9.98. The standard InChI is InChI=1S/C38H22N4/c39-23-25-20-21-36-33(22-25)32-17-9-15-30(37(32)41(36)27-11-2-1-3-12-27)31-16-8-14-29-28-13-5-7-19-35(28)42(38(29)31)34-18-6-4-10-26(34)24-40/h1-22H. The van der Waals surface area contributed by atoms with Crippen LogP contribution in [0, 0.1) is 22.7 Å². The molecule has 194 valence electrons. The molecule has 0 radical (unpaired) electrons. The van der Waals surface area contributed by atoms with E-state index in [0.29, 0.717) is 11.1 Å². The van der Waals surface area contributed by atoms with Crippen molar-refractivity contribution in [2.45, 2.75) is 0 Å². The second-order valence-corrected chi connectivity index (χ2v) is 10.4. The summed E-state index contributed by atoms with van der Waals surface area (Å²) in [6.07, 6.45) is 0. The van der Waals surface area contributed by atoms with E-state index in [9.17, 15) is 10.5 Å². The van der Waals surface area contributed by atoms with Gasteiger partial charge >= 0.3 is 0 Å². The van der Waals surface area contributed by atoms with E-state index in [-0.39, 0.29) is 0 Å². The average Bonchev–Trinajstić information content (AvgIpc) is 3.58. The lowest BCUT2D eigenvalue weighted by Gasteiger charge is -2.15. The molecule has 4 nitrogen and oxygen atoms in total. The van der Waals surface area contributed by atoms with Crippen LogP contribution in [0.3, 0.4) is 0 Å². The summed E-state index contributed by atoms with van der Waals surface area (Å²) in [7, 11) is 0. The summed E-state index contributed by atoms with van der Waals surface area (Å²) in [4.78, 5) is 0. The van der Waals surface area contributed by atoms with Crippen molar-refractivity contribution < 1.29 is 0 Å². The highest BCUT2D eigenvalue weighted by Crippen LogP contribution is 2.43. The predicted molar refractivity (Wildman–Crippen MR) is 170 cm³/mol. The normalized spacial score (nSPS) is 11.3. The summed E-state index contributed by atoms with van der Waals surface area (Å²) in [6, 6.07) is 50.1. The van der Waals surface area contributed by atoms with Crippen molar-refractivity contribution in [3.8, 4) is 34.6 Å². The highest BCUT2D eigenvalue weighted by molar-refractivity contribution is 6.19. The summed E-state index contributed by atoms with van der Waals surface area (Å²) in [6.45, 7) is 0. The molecule has 0 aliphatic rings. The van der Waals surface area contributed by atoms with Gasteiger partial charge in [-0.1, -0.05) is 84.9 Å². The second kappa shape index (κ2) is 9.24. The van der Waals surface area contributed by atoms with Crippen LogP contribution in [0.15, 0.2) is 133 Å². The maximum absolute atomic E-state index is 10.1. The van der Waals surface area contributed by atoms with Crippen LogP contribution in [0.5, 0.6) is 0 Å². The zero-order valence-electron chi connectivity index (χ0n) is 22.5. The summed E-state index contributed by atoms with van der Waals surface area (Å²) in [5.41, 5.74) is 9.54. The molecule has 0 atom stereocenters. The third-order valence-electron chi connectivity index (χ3n) is 8.18. The van der Waals surface area contributed by atoms with E-state index in [4.69, 9.17) is 0 Å². The van der Waals surface area contributed by atoms with Crippen molar-refractivity contribution in [1.29, 1.82) is 10.5 Å². The van der Waals surface area contributed by atoms with Gasteiger partial charge in [0.25, 0.3) is 0 Å². The third-order valence-corrected chi connectivity index (χ3v) is 8.18. The summed E-state index contributed by atoms with van der Waals surface area (Å²) >= 11 is 0. The van der Waals surface area contributed by atoms with Crippen LogP contribution >= 0.6 is 0 Å². The van der Waals surface area contributed by atoms with E-state index < -0.39 is 0 Å². The van der Waals surface area contributed by atoms with Crippen molar-refractivity contribution >= 4 is 43.6 Å². The van der Waals surface area contributed by atoms with Gasteiger partial charge in [0.05, 0.1) is 45.0 Å². The van der Waals surface area contributed by atoms with E-state index in [2.05, 4.69) is 100 Å². The van der Waals surface area contributed by atoms with E-state index in [1.54, 1.807) is 0 Å². The van der Waals surface area contributed by atoms with Gasteiger partial charge in [-0.3, -0.25) is 0 Å². The van der Waals surface area contributed by atoms with Crippen LogP contribution in [0.25, 0.3) is 66.1 Å². The first-order valence-corrected chi connectivity index (χ1v) is 13.8. The highest BCUT2D eigenvalue weighted by Gasteiger charge is 2.22. The van der Waals surface area contributed by atoms with Crippen LogP contribution in [0.1, 0.15) is 11.1 Å². The molecule has 8 rings (SSSR count). The topological polar surface area (TPSA) is 57.4 Å². The largest absolute Gasteiger partial charge is 0.309 e. The number of aromatic nitrogens is 2. The zero-order valence-corrected chi connectivity index (χ0v) is 22.5. The van der Waals surface area contributed by atoms with E-state index in [1.165, 1.54) is 0 Å². The Morgan fingerprint density at radius 1 is 0.452 bits per heavy atom. The number of fused-ring (bicyclic) bond motifs is 6. The van der Waals surface area contributed by atoms with Crippen molar-refractivity contribution in [3.05, 3.63) is 145 Å². The number of nitriles is 2. The first-order valence-electron chi connectivity index (χ1n) is 13.8. The molecule has 0 spiro atoms. The Labute approximate surface area is 242 Å². The van der Waals surface area contributed by atoms with Crippen LogP contribution < -0.4 is 0 Å². The maximum atomic E-state index is 10.1. The minimum atomic E-state index is 0.621. The van der Waals surface area contributed by atoms with Gasteiger partial charge in [0.15, 0.2) is 0 Å². The molecule has 6 aromatic carbocycles. The molecule has 0 aliphatic carbocycles. The van der Waals surface area contributed by atoms with Gasteiger partial charge in [0, 0.05) is 38.4 Å². The van der Waals surface area contributed by atoms with E-state index >= 15 is 0 Å². The fraction of sp³-hybridized carbons (Fsp3) is 0. The lowest BCUT2D eigenvalue weighted by molar-refractivity contribution is 1.16. The molecule has 0 saturated carbocycles. The molecule has 4 heteroatoms. The Morgan fingerprint density at radius 3 is 1.83 bits per heavy atom. The quantitative estimate of drug-likeness (QED) is 0.227. The molecule has 0 bridgehead atoms. The molecule has 0 fully saturated rings. The van der Waals surface area contributed by atoms with Crippen molar-refractivity contribution in [3.63, 3.8) is 0 Å². The summed E-state index contributed by atoms with van der Waals surface area (Å²) < 4.78 is 4.54. The number of para-hydroxylation sites is 5. The SMILES string of the molecule is N#Cc1ccc2c(c1)c1cccc(-c3cccc4c5ccccc5n(-c5ccccc5C#N)c34)c1n2-c1ccccc1. The Balaban J connectivity index is 1.58. The smallest absolute Gasteiger partial charge is 0.101 e. The Morgan fingerprint density at radius 2 is 1.07 bits per heavy atom. The number of hydrogen-bond acceptors (Lipinski definition) is 2. The molecule has 0 saturated heterocycles. The maximum Gasteiger partial charge on any atom is 0.101 e. The van der Waals surface area contributed by atoms with Crippen LogP contribution in [0.2, 0.25) is 0 Å². The number of hydrogen-bond donors (Lipinski definition) is 0. The molecule has 0 aliphatic heterocycles. The molecule has 2 heterocycles. The second-order valence-electron chi connectivity index (χ2n) is 10.4. The van der Waals surface area contributed by atoms with Gasteiger partial charge in [-0.2, -0.15) is 10.5 Å². The van der Waals surface area contributed by atoms with Crippen LogP contribution in [0.4, 0.5) is 0 Å². The van der Waals surface area contributed by atoms with Crippen molar-refractivity contribution in [2.75, 3.05) is 0 Å². The Kier molecular flexibility index (Phi) is 5.22. The fourth-order valence-electron chi connectivity index (χ4n) is 6.45. The molecule has 0 N–H and O–H groups in total. The number of rotatable bonds is 3. The third kappa shape index (κ3) is 3.33. The van der Waals surface area contributed by atoms with Gasteiger partial charge in [0.2, 0.25) is 0 Å². The Hall–Kier alpha value is -6.10. The average molecular weight is 535 g/mol. The first-order chi connectivity index (χ1) is 20.8. The first kappa shape index (κ1) is 23.8. The minimum absolute atomic E-state index is 0.621. The minimum Gasteiger partial charge on any atom is -0.309 e. The molecule has 0 amide bonds. The molecule has 8 aromatic rings. The molecule has 42 heavy (non-hydrogen) atoms. The van der Waals surface area contributed by atoms with Gasteiger partial charge in [-0.05, 0) is 48.5 Å². The fourth-order valence-corrected chi connectivity index (χ4v) is 6.45. The van der Waals surface area contributed by atoms with Crippen LogP contribution in [-0.2, 0) is 0 Å². The van der Waals surface area contributed by atoms with Crippen molar-refractivity contribution in [2.24, 2.45) is 0 Å². The molecule has 2 aromatic heterocycles. The highest BCUT2D eigenvalue weighted by atomic mass is 15.0. The molecule has 0 unspecified atom stereocenters. The van der Waals surface area contributed by atoms with Crippen molar-refractivity contribution in [1.82, 2.24) is 9.13 Å². The molecular formula is C38H22N4. The number of benzene rings is 6. The monoisotopic (exact) mass is 534 g/mol. The van der Waals surface area contributed by atoms with Gasteiger partial charge in [0.1, 0.15) is 6.07 Å². The lowest BCUT2D eigenvalue weighted by Crippen LogP contribution is -1.99. The summed E-state index contributed by atoms with van der Waals surface area (Å²) in [5, 5.41) is 24.2. The van der Waals surface area contributed by atoms with Gasteiger partial charge < -0.3 is 9.13 Å². The van der Waals surface area contributed by atoms with Crippen LogP contribution in [-0.4, -0.2) is 9.13 Å². The van der Waals surface area contributed by atoms with Gasteiger partial charge in [-0.25, -0.2) is 0 Å². The summed E-state index contributed by atoms with van der Waals surface area (Å²) in [5.74, 6) is 0. The van der Waals surface area contributed by atoms with E-state index in [1.807, 2.05) is 54.6 Å².